The average molecular weight is 390 g/mol. The highest BCUT2D eigenvalue weighted by Crippen LogP contribution is 2.35. The molecule has 0 saturated carbocycles. The van der Waals surface area contributed by atoms with E-state index in [0.29, 0.717) is 32.1 Å². The van der Waals surface area contributed by atoms with Gasteiger partial charge >= 0.3 is 6.18 Å². The third-order valence-corrected chi connectivity index (χ3v) is 5.05. The average Bonchev–Trinajstić information content (AvgIpc) is 2.61. The molecule has 0 radical (unpaired) electrons. The van der Waals surface area contributed by atoms with Crippen LogP contribution in [0.15, 0.2) is 10.9 Å². The molecular formula is C17H25F3N4O3. The van der Waals surface area contributed by atoms with E-state index in [0.717, 1.165) is 0 Å². The first-order valence-corrected chi connectivity index (χ1v) is 8.95. The highest BCUT2D eigenvalue weighted by molar-refractivity contribution is 5.47. The molecule has 1 aromatic heterocycles. The lowest BCUT2D eigenvalue weighted by Gasteiger charge is -2.42. The van der Waals surface area contributed by atoms with Crippen LogP contribution < -0.4 is 15.4 Å². The van der Waals surface area contributed by atoms with Crippen molar-refractivity contribution in [2.24, 2.45) is 0 Å². The van der Waals surface area contributed by atoms with Crippen molar-refractivity contribution in [1.29, 1.82) is 0 Å². The van der Waals surface area contributed by atoms with Crippen molar-refractivity contribution in [1.82, 2.24) is 9.55 Å². The van der Waals surface area contributed by atoms with E-state index >= 15 is 0 Å². The maximum Gasteiger partial charge on any atom is 0.408 e. The number of rotatable bonds is 4. The van der Waals surface area contributed by atoms with E-state index in [-0.39, 0.29) is 31.0 Å². The number of halogens is 3. The summed E-state index contributed by atoms with van der Waals surface area (Å²) in [7, 11) is 1.46. The predicted octanol–water partition coefficient (Wildman–Crippen LogP) is 1.65. The molecule has 2 aliphatic heterocycles. The maximum atomic E-state index is 13.7. The number of aromatic nitrogens is 2. The molecule has 2 aliphatic rings. The van der Waals surface area contributed by atoms with Gasteiger partial charge in [0, 0.05) is 39.4 Å². The van der Waals surface area contributed by atoms with E-state index in [2.05, 4.69) is 4.98 Å². The number of hydrogen-bond donors (Lipinski definition) is 0. The molecule has 0 amide bonds. The molecular weight excluding hydrogens is 365 g/mol. The molecule has 0 aromatic carbocycles. The van der Waals surface area contributed by atoms with Gasteiger partial charge in [0.15, 0.2) is 0 Å². The lowest BCUT2D eigenvalue weighted by molar-refractivity contribution is -0.154. The molecule has 1 saturated heterocycles. The summed E-state index contributed by atoms with van der Waals surface area (Å²) >= 11 is 0. The van der Waals surface area contributed by atoms with Crippen molar-refractivity contribution in [3.8, 4) is 0 Å². The van der Waals surface area contributed by atoms with Crippen LogP contribution in [-0.2, 0) is 16.0 Å². The first kappa shape index (κ1) is 19.9. The monoisotopic (exact) mass is 390 g/mol. The molecule has 1 fully saturated rings. The minimum Gasteiger partial charge on any atom is -0.378 e. The standard InChI is InChI=1S/C17H25F3N4O3/c1-16(2,26-3)11-24-12(17(18,19)20)4-5-23-14(25)10-13(21-15(23)24)22-6-8-27-9-7-22/h10,12H,4-9,11H2,1-3H3. The van der Waals surface area contributed by atoms with Crippen molar-refractivity contribution >= 4 is 11.8 Å². The minimum atomic E-state index is -4.43. The number of methoxy groups -OCH3 is 1. The Bertz CT molecular complexity index is 729. The second-order valence-electron chi connectivity index (χ2n) is 7.44. The molecule has 0 bridgehead atoms. The van der Waals surface area contributed by atoms with Crippen LogP contribution in [0.4, 0.5) is 24.9 Å². The number of morpholine rings is 1. The highest BCUT2D eigenvalue weighted by Gasteiger charge is 2.48. The van der Waals surface area contributed by atoms with Crippen LogP contribution in [-0.4, -0.2) is 67.3 Å². The molecule has 27 heavy (non-hydrogen) atoms. The molecule has 1 unspecified atom stereocenters. The Hall–Kier alpha value is -1.81. The quantitative estimate of drug-likeness (QED) is 0.779. The third kappa shape index (κ3) is 4.21. The largest absolute Gasteiger partial charge is 0.408 e. The number of nitrogens with zero attached hydrogens (tertiary/aromatic N) is 4. The van der Waals surface area contributed by atoms with Crippen LogP contribution in [0.5, 0.6) is 0 Å². The maximum absolute atomic E-state index is 13.7. The fourth-order valence-corrected chi connectivity index (χ4v) is 3.41. The number of hydrogen-bond acceptors (Lipinski definition) is 6. The zero-order valence-corrected chi connectivity index (χ0v) is 15.8. The fourth-order valence-electron chi connectivity index (χ4n) is 3.41. The second kappa shape index (κ2) is 7.31. The van der Waals surface area contributed by atoms with E-state index in [1.54, 1.807) is 13.8 Å². The van der Waals surface area contributed by atoms with Crippen LogP contribution in [0.2, 0.25) is 0 Å². The van der Waals surface area contributed by atoms with Crippen LogP contribution in [0, 0.1) is 0 Å². The van der Waals surface area contributed by atoms with E-state index in [1.165, 1.54) is 22.6 Å². The molecule has 0 spiro atoms. The number of fused-ring (bicyclic) bond motifs is 1. The first-order chi connectivity index (χ1) is 12.6. The number of anilines is 2. The summed E-state index contributed by atoms with van der Waals surface area (Å²) in [5.41, 5.74) is -1.18. The molecule has 1 aromatic rings. The Morgan fingerprint density at radius 1 is 1.26 bits per heavy atom. The number of ether oxygens (including phenoxy) is 2. The zero-order chi connectivity index (χ0) is 19.8. The van der Waals surface area contributed by atoms with Gasteiger partial charge in [-0.15, -0.1) is 0 Å². The smallest absolute Gasteiger partial charge is 0.378 e. The Morgan fingerprint density at radius 2 is 1.93 bits per heavy atom. The molecule has 0 N–H and O–H groups in total. The zero-order valence-electron chi connectivity index (χ0n) is 15.8. The number of alkyl halides is 3. The summed E-state index contributed by atoms with van der Waals surface area (Å²) in [6.07, 6.45) is -4.63. The SMILES string of the molecule is COC(C)(C)CN1c2nc(N3CCOCC3)cc(=O)n2CCC1C(F)(F)F. The van der Waals surface area contributed by atoms with Crippen molar-refractivity contribution in [2.45, 2.75) is 44.6 Å². The molecule has 1 atom stereocenters. The van der Waals surface area contributed by atoms with Gasteiger partial charge < -0.3 is 19.3 Å². The van der Waals surface area contributed by atoms with Gasteiger partial charge in [-0.3, -0.25) is 9.36 Å². The van der Waals surface area contributed by atoms with Crippen LogP contribution in [0.25, 0.3) is 0 Å². The lowest BCUT2D eigenvalue weighted by Crippen LogP contribution is -2.56. The fraction of sp³-hybridized carbons (Fsp3) is 0.765. The van der Waals surface area contributed by atoms with Gasteiger partial charge in [0.25, 0.3) is 5.56 Å². The first-order valence-electron chi connectivity index (χ1n) is 8.95. The molecule has 10 heteroatoms. The lowest BCUT2D eigenvalue weighted by atomic mass is 10.0. The van der Waals surface area contributed by atoms with Crippen molar-refractivity contribution in [3.63, 3.8) is 0 Å². The summed E-state index contributed by atoms with van der Waals surface area (Å²) in [5.74, 6) is 0.431. The van der Waals surface area contributed by atoms with Gasteiger partial charge in [0.1, 0.15) is 11.9 Å². The minimum absolute atomic E-state index is 0.0152. The van der Waals surface area contributed by atoms with Gasteiger partial charge in [-0.1, -0.05) is 0 Å². The van der Waals surface area contributed by atoms with Crippen LogP contribution in [0.3, 0.4) is 0 Å². The molecule has 0 aliphatic carbocycles. The predicted molar refractivity (Wildman–Crippen MR) is 94.4 cm³/mol. The van der Waals surface area contributed by atoms with Gasteiger partial charge in [-0.2, -0.15) is 18.2 Å². The Morgan fingerprint density at radius 3 is 2.52 bits per heavy atom. The van der Waals surface area contributed by atoms with Gasteiger partial charge in [0.2, 0.25) is 5.95 Å². The normalized spacial score (nSPS) is 21.3. The van der Waals surface area contributed by atoms with Crippen LogP contribution >= 0.6 is 0 Å². The summed E-state index contributed by atoms with van der Waals surface area (Å²) in [6, 6.07) is -0.318. The summed E-state index contributed by atoms with van der Waals surface area (Å²) in [6.45, 7) is 5.44. The highest BCUT2D eigenvalue weighted by atomic mass is 19.4. The van der Waals surface area contributed by atoms with E-state index in [9.17, 15) is 18.0 Å². The Labute approximate surface area is 155 Å². The van der Waals surface area contributed by atoms with Crippen LogP contribution in [0.1, 0.15) is 20.3 Å². The van der Waals surface area contributed by atoms with Crippen molar-refractivity contribution in [2.75, 3.05) is 49.8 Å². The Balaban J connectivity index is 2.05. The van der Waals surface area contributed by atoms with Gasteiger partial charge in [-0.25, -0.2) is 0 Å². The topological polar surface area (TPSA) is 59.8 Å². The molecule has 7 nitrogen and oxygen atoms in total. The second-order valence-corrected chi connectivity index (χ2v) is 7.44. The summed E-state index contributed by atoms with van der Waals surface area (Å²) in [4.78, 5) is 20.1. The van der Waals surface area contributed by atoms with E-state index in [1.807, 2.05) is 4.90 Å². The summed E-state index contributed by atoms with van der Waals surface area (Å²) in [5, 5.41) is 0. The Kier molecular flexibility index (Phi) is 5.40. The third-order valence-electron chi connectivity index (χ3n) is 5.05. The molecule has 3 heterocycles. The molecule has 3 rings (SSSR count). The van der Waals surface area contributed by atoms with Crippen molar-refractivity contribution in [3.05, 3.63) is 16.4 Å². The van der Waals surface area contributed by atoms with E-state index in [4.69, 9.17) is 9.47 Å². The van der Waals surface area contributed by atoms with Gasteiger partial charge in [0.05, 0.1) is 18.8 Å². The summed E-state index contributed by atoms with van der Waals surface area (Å²) < 4.78 is 53.0. The van der Waals surface area contributed by atoms with Crippen molar-refractivity contribution < 1.29 is 22.6 Å². The molecule has 152 valence electrons. The van der Waals surface area contributed by atoms with Gasteiger partial charge in [-0.05, 0) is 20.3 Å². The van der Waals surface area contributed by atoms with E-state index < -0.39 is 17.8 Å².